The summed E-state index contributed by atoms with van der Waals surface area (Å²) in [5.41, 5.74) is 2.57. The summed E-state index contributed by atoms with van der Waals surface area (Å²) in [4.78, 5) is 30.6. The Labute approximate surface area is 163 Å². The van der Waals surface area contributed by atoms with Crippen LogP contribution in [0.1, 0.15) is 18.4 Å². The van der Waals surface area contributed by atoms with Gasteiger partial charge in [-0.2, -0.15) is 0 Å². The Morgan fingerprint density at radius 2 is 1.85 bits per heavy atom. The lowest BCUT2D eigenvalue weighted by Crippen LogP contribution is -2.41. The maximum absolute atomic E-state index is 12.1. The number of nitrogens with one attached hydrogen (secondary N) is 2. The molecular formula is C20H23ClN4O2. The summed E-state index contributed by atoms with van der Waals surface area (Å²) in [6, 6.07) is 9.18. The minimum Gasteiger partial charge on any atom is -0.371 e. The highest BCUT2D eigenvalue weighted by Gasteiger charge is 2.21. The van der Waals surface area contributed by atoms with Crippen molar-refractivity contribution in [3.8, 4) is 0 Å². The number of aryl methyl sites for hydroxylation is 1. The van der Waals surface area contributed by atoms with Crippen LogP contribution in [-0.2, 0) is 9.59 Å². The minimum atomic E-state index is -0.672. The van der Waals surface area contributed by atoms with Gasteiger partial charge in [0.05, 0.1) is 0 Å². The number of aromatic nitrogens is 1. The number of carbonyl (C=O) groups is 2. The fourth-order valence-electron chi connectivity index (χ4n) is 3.18. The summed E-state index contributed by atoms with van der Waals surface area (Å²) < 4.78 is 0. The van der Waals surface area contributed by atoms with Crippen LogP contribution in [0.3, 0.4) is 0 Å². The standard InChI is InChI=1S/C20H23ClN4O2/c1-14-2-3-16(21)12-18(14)24-20(27)19(26)23-13-15-6-10-25(11-7-15)17-4-8-22-9-5-17/h2-5,8-9,12,15H,6-7,10-11,13H2,1H3,(H,23,26)(H,24,27). The summed E-state index contributed by atoms with van der Waals surface area (Å²) in [7, 11) is 0. The van der Waals surface area contributed by atoms with Gasteiger partial charge in [-0.25, -0.2) is 0 Å². The van der Waals surface area contributed by atoms with Gasteiger partial charge in [-0.05, 0) is 55.5 Å². The molecule has 3 rings (SSSR count). The van der Waals surface area contributed by atoms with E-state index in [0.29, 0.717) is 23.2 Å². The van der Waals surface area contributed by atoms with Gasteiger partial charge in [0.25, 0.3) is 0 Å². The Morgan fingerprint density at radius 3 is 2.56 bits per heavy atom. The smallest absolute Gasteiger partial charge is 0.313 e. The second-order valence-corrected chi connectivity index (χ2v) is 7.20. The Kier molecular flexibility index (Phi) is 6.29. The summed E-state index contributed by atoms with van der Waals surface area (Å²) in [6.07, 6.45) is 5.53. The highest BCUT2D eigenvalue weighted by molar-refractivity contribution is 6.40. The monoisotopic (exact) mass is 386 g/mol. The molecule has 7 heteroatoms. The first-order chi connectivity index (χ1) is 13.0. The zero-order valence-electron chi connectivity index (χ0n) is 15.2. The highest BCUT2D eigenvalue weighted by Crippen LogP contribution is 2.22. The maximum atomic E-state index is 12.1. The lowest BCUT2D eigenvalue weighted by Gasteiger charge is -2.33. The molecule has 1 fully saturated rings. The average molecular weight is 387 g/mol. The number of rotatable bonds is 4. The third kappa shape index (κ3) is 5.20. The number of amides is 2. The lowest BCUT2D eigenvalue weighted by atomic mass is 9.96. The SMILES string of the molecule is Cc1ccc(Cl)cc1NC(=O)C(=O)NCC1CCN(c2ccncc2)CC1. The van der Waals surface area contributed by atoms with Crippen molar-refractivity contribution in [2.45, 2.75) is 19.8 Å². The highest BCUT2D eigenvalue weighted by atomic mass is 35.5. The van der Waals surface area contributed by atoms with E-state index >= 15 is 0 Å². The maximum Gasteiger partial charge on any atom is 0.313 e. The molecule has 2 heterocycles. The van der Waals surface area contributed by atoms with Gasteiger partial charge in [0.15, 0.2) is 0 Å². The number of piperidine rings is 1. The number of anilines is 2. The molecule has 6 nitrogen and oxygen atoms in total. The van der Waals surface area contributed by atoms with Gasteiger partial charge in [-0.3, -0.25) is 14.6 Å². The fraction of sp³-hybridized carbons (Fsp3) is 0.350. The summed E-state index contributed by atoms with van der Waals surface area (Å²) in [5.74, 6) is -0.923. The minimum absolute atomic E-state index is 0.368. The molecule has 0 radical (unpaired) electrons. The molecular weight excluding hydrogens is 364 g/mol. The van der Waals surface area contributed by atoms with Crippen molar-refractivity contribution in [1.29, 1.82) is 0 Å². The van der Waals surface area contributed by atoms with Crippen LogP contribution in [0.5, 0.6) is 0 Å². The van der Waals surface area contributed by atoms with Gasteiger partial charge in [-0.1, -0.05) is 17.7 Å². The number of pyridine rings is 1. The van der Waals surface area contributed by atoms with Crippen molar-refractivity contribution >= 4 is 34.8 Å². The van der Waals surface area contributed by atoms with E-state index < -0.39 is 11.8 Å². The Balaban J connectivity index is 1.44. The molecule has 1 aromatic heterocycles. The van der Waals surface area contributed by atoms with Crippen molar-refractivity contribution in [3.63, 3.8) is 0 Å². The molecule has 0 saturated carbocycles. The number of carbonyl (C=O) groups excluding carboxylic acids is 2. The number of benzene rings is 1. The van der Waals surface area contributed by atoms with Crippen molar-refractivity contribution in [3.05, 3.63) is 53.3 Å². The van der Waals surface area contributed by atoms with Gasteiger partial charge in [0.2, 0.25) is 0 Å². The normalized spacial score (nSPS) is 14.7. The van der Waals surface area contributed by atoms with Crippen LogP contribution in [-0.4, -0.2) is 36.4 Å². The molecule has 0 aliphatic carbocycles. The Hall–Kier alpha value is -2.60. The van der Waals surface area contributed by atoms with E-state index in [0.717, 1.165) is 31.5 Å². The molecule has 142 valence electrons. The summed E-state index contributed by atoms with van der Waals surface area (Å²) in [6.45, 7) is 4.21. The van der Waals surface area contributed by atoms with Crippen LogP contribution in [0.25, 0.3) is 0 Å². The average Bonchev–Trinajstić information content (AvgIpc) is 2.70. The van der Waals surface area contributed by atoms with E-state index in [-0.39, 0.29) is 0 Å². The van der Waals surface area contributed by atoms with Crippen LogP contribution in [0.2, 0.25) is 5.02 Å². The van der Waals surface area contributed by atoms with Crippen LogP contribution in [0.15, 0.2) is 42.7 Å². The summed E-state index contributed by atoms with van der Waals surface area (Å²) >= 11 is 5.94. The third-order valence-corrected chi connectivity index (χ3v) is 5.08. The topological polar surface area (TPSA) is 74.3 Å². The van der Waals surface area contributed by atoms with Gasteiger partial charge < -0.3 is 15.5 Å². The number of hydrogen-bond donors (Lipinski definition) is 2. The molecule has 1 aliphatic rings. The van der Waals surface area contributed by atoms with E-state index in [4.69, 9.17) is 11.6 Å². The van der Waals surface area contributed by atoms with Crippen molar-refractivity contribution < 1.29 is 9.59 Å². The molecule has 0 unspecified atom stereocenters. The molecule has 0 atom stereocenters. The molecule has 1 aliphatic heterocycles. The lowest BCUT2D eigenvalue weighted by molar-refractivity contribution is -0.136. The largest absolute Gasteiger partial charge is 0.371 e. The first-order valence-corrected chi connectivity index (χ1v) is 9.41. The second-order valence-electron chi connectivity index (χ2n) is 6.76. The quantitative estimate of drug-likeness (QED) is 0.792. The molecule has 2 N–H and O–H groups in total. The van der Waals surface area contributed by atoms with Crippen LogP contribution in [0, 0.1) is 12.8 Å². The third-order valence-electron chi connectivity index (χ3n) is 4.85. The van der Waals surface area contributed by atoms with E-state index in [1.54, 1.807) is 30.6 Å². The molecule has 2 aromatic rings. The van der Waals surface area contributed by atoms with E-state index in [2.05, 4.69) is 20.5 Å². The number of nitrogens with zero attached hydrogens (tertiary/aromatic N) is 2. The number of hydrogen-bond acceptors (Lipinski definition) is 4. The van der Waals surface area contributed by atoms with Crippen LogP contribution in [0.4, 0.5) is 11.4 Å². The van der Waals surface area contributed by atoms with E-state index in [1.165, 1.54) is 5.69 Å². The Morgan fingerprint density at radius 1 is 1.15 bits per heavy atom. The molecule has 2 amide bonds. The molecule has 0 spiro atoms. The van der Waals surface area contributed by atoms with Crippen LogP contribution >= 0.6 is 11.6 Å². The van der Waals surface area contributed by atoms with Gasteiger partial charge in [-0.15, -0.1) is 0 Å². The zero-order valence-corrected chi connectivity index (χ0v) is 16.0. The summed E-state index contributed by atoms with van der Waals surface area (Å²) in [5, 5.41) is 5.88. The molecule has 27 heavy (non-hydrogen) atoms. The number of halogens is 1. The Bertz CT molecular complexity index is 805. The molecule has 1 saturated heterocycles. The molecule has 1 aromatic carbocycles. The van der Waals surface area contributed by atoms with Crippen LogP contribution < -0.4 is 15.5 Å². The first-order valence-electron chi connectivity index (χ1n) is 9.03. The fourth-order valence-corrected chi connectivity index (χ4v) is 3.35. The predicted molar refractivity (Wildman–Crippen MR) is 107 cm³/mol. The molecule has 0 bridgehead atoms. The van der Waals surface area contributed by atoms with E-state index in [1.807, 2.05) is 19.1 Å². The van der Waals surface area contributed by atoms with Crippen molar-refractivity contribution in [2.24, 2.45) is 5.92 Å². The zero-order chi connectivity index (χ0) is 19.2. The van der Waals surface area contributed by atoms with Gasteiger partial charge >= 0.3 is 11.8 Å². The van der Waals surface area contributed by atoms with E-state index in [9.17, 15) is 9.59 Å². The first kappa shape index (κ1) is 19.2. The van der Waals surface area contributed by atoms with Gasteiger partial charge in [0.1, 0.15) is 0 Å². The van der Waals surface area contributed by atoms with Crippen molar-refractivity contribution in [2.75, 3.05) is 29.9 Å². The second kappa shape index (κ2) is 8.86. The predicted octanol–water partition coefficient (Wildman–Crippen LogP) is 3.01. The van der Waals surface area contributed by atoms with Gasteiger partial charge in [0, 0.05) is 48.4 Å². The van der Waals surface area contributed by atoms with Crippen molar-refractivity contribution in [1.82, 2.24) is 10.3 Å².